The molecule has 0 aromatic heterocycles. The van der Waals surface area contributed by atoms with Gasteiger partial charge in [0.25, 0.3) is 0 Å². The van der Waals surface area contributed by atoms with Crippen LogP contribution in [-0.4, -0.2) is 20.8 Å². The molecule has 0 aliphatic rings. The molecule has 0 amide bonds. The molecule has 1 aromatic carbocycles. The Bertz CT molecular complexity index is 304. The molecule has 0 radical (unpaired) electrons. The molecule has 0 bridgehead atoms. The molecule has 3 nitrogen and oxygen atoms in total. The van der Waals surface area contributed by atoms with Crippen molar-refractivity contribution in [3.63, 3.8) is 0 Å². The van der Waals surface area contributed by atoms with Crippen molar-refractivity contribution in [2.24, 2.45) is 5.73 Å². The molecule has 78 valence electrons. The monoisotopic (exact) mass is 199 g/mol. The number of benzene rings is 1. The first-order valence-corrected chi connectivity index (χ1v) is 4.27. The Morgan fingerprint density at radius 2 is 2.14 bits per heavy atom. The minimum Gasteiger partial charge on any atom is -0.494 e. The summed E-state index contributed by atoms with van der Waals surface area (Å²) in [4.78, 5) is 0. The highest BCUT2D eigenvalue weighted by Crippen LogP contribution is 2.20. The number of hydrogen-bond donors (Lipinski definition) is 1. The van der Waals surface area contributed by atoms with E-state index in [1.54, 1.807) is 19.2 Å². The maximum absolute atomic E-state index is 13.2. The van der Waals surface area contributed by atoms with Crippen LogP contribution >= 0.6 is 0 Å². The van der Waals surface area contributed by atoms with Gasteiger partial charge in [0.15, 0.2) is 11.6 Å². The van der Waals surface area contributed by atoms with Crippen LogP contribution in [0.15, 0.2) is 18.2 Å². The van der Waals surface area contributed by atoms with E-state index < -0.39 is 5.82 Å². The second-order valence-corrected chi connectivity index (χ2v) is 2.96. The second kappa shape index (κ2) is 4.93. The molecule has 0 spiro atoms. The number of methoxy groups -OCH3 is 2. The number of rotatable bonds is 4. The summed E-state index contributed by atoms with van der Waals surface area (Å²) in [5.41, 5.74) is 6.43. The lowest BCUT2D eigenvalue weighted by atomic mass is 10.1. The molecule has 0 fully saturated rings. The van der Waals surface area contributed by atoms with Gasteiger partial charge in [0.05, 0.1) is 19.8 Å². The lowest BCUT2D eigenvalue weighted by molar-refractivity contribution is 0.180. The number of halogens is 1. The third-order valence-electron chi connectivity index (χ3n) is 1.95. The third kappa shape index (κ3) is 2.43. The van der Waals surface area contributed by atoms with E-state index in [2.05, 4.69) is 0 Å². The fourth-order valence-corrected chi connectivity index (χ4v) is 1.19. The van der Waals surface area contributed by atoms with Crippen molar-refractivity contribution < 1.29 is 13.9 Å². The normalized spacial score (nSPS) is 12.6. The van der Waals surface area contributed by atoms with Gasteiger partial charge >= 0.3 is 0 Å². The molecule has 2 N–H and O–H groups in total. The summed E-state index contributed by atoms with van der Waals surface area (Å²) in [5.74, 6) is -0.185. The van der Waals surface area contributed by atoms with Crippen LogP contribution in [0.1, 0.15) is 11.6 Å². The summed E-state index contributed by atoms with van der Waals surface area (Å²) in [6.07, 6.45) is 0. The van der Waals surface area contributed by atoms with Crippen LogP contribution in [0.5, 0.6) is 5.75 Å². The molecule has 0 aliphatic heterocycles. The van der Waals surface area contributed by atoms with Gasteiger partial charge in [-0.3, -0.25) is 0 Å². The Kier molecular flexibility index (Phi) is 3.85. The van der Waals surface area contributed by atoms with E-state index >= 15 is 0 Å². The lowest BCUT2D eigenvalue weighted by Crippen LogP contribution is -2.16. The van der Waals surface area contributed by atoms with Gasteiger partial charge in [-0.05, 0) is 17.7 Å². The summed E-state index contributed by atoms with van der Waals surface area (Å²) in [6.45, 7) is 0.367. The largest absolute Gasteiger partial charge is 0.494 e. The fraction of sp³-hybridized carbons (Fsp3) is 0.400. The van der Waals surface area contributed by atoms with E-state index in [0.717, 1.165) is 0 Å². The zero-order chi connectivity index (χ0) is 10.6. The molecule has 1 atom stereocenters. The zero-order valence-electron chi connectivity index (χ0n) is 8.29. The van der Waals surface area contributed by atoms with Crippen molar-refractivity contribution in [3.05, 3.63) is 29.6 Å². The van der Waals surface area contributed by atoms with Gasteiger partial charge in [0, 0.05) is 7.11 Å². The Morgan fingerprint density at radius 3 is 2.64 bits per heavy atom. The van der Waals surface area contributed by atoms with Crippen LogP contribution in [0.3, 0.4) is 0 Å². The van der Waals surface area contributed by atoms with Crippen LogP contribution in [0.2, 0.25) is 0 Å². The van der Waals surface area contributed by atoms with Gasteiger partial charge in [-0.25, -0.2) is 4.39 Å². The van der Waals surface area contributed by atoms with Crippen molar-refractivity contribution in [2.45, 2.75) is 6.04 Å². The number of nitrogens with two attached hydrogens (primary N) is 1. The summed E-state index contributed by atoms with van der Waals surface area (Å²) in [5, 5.41) is 0. The van der Waals surface area contributed by atoms with Crippen LogP contribution in [0, 0.1) is 5.82 Å². The molecule has 0 saturated heterocycles. The van der Waals surface area contributed by atoms with Crippen molar-refractivity contribution >= 4 is 0 Å². The Hall–Kier alpha value is -1.13. The van der Waals surface area contributed by atoms with Gasteiger partial charge in [-0.1, -0.05) is 6.07 Å². The minimum atomic E-state index is -0.406. The quantitative estimate of drug-likeness (QED) is 0.798. The van der Waals surface area contributed by atoms with E-state index in [1.165, 1.54) is 13.2 Å². The topological polar surface area (TPSA) is 44.5 Å². The van der Waals surface area contributed by atoms with Crippen LogP contribution in [0.25, 0.3) is 0 Å². The smallest absolute Gasteiger partial charge is 0.165 e. The van der Waals surface area contributed by atoms with Crippen LogP contribution in [-0.2, 0) is 4.74 Å². The molecular weight excluding hydrogens is 185 g/mol. The Morgan fingerprint density at radius 1 is 1.43 bits per heavy atom. The van der Waals surface area contributed by atoms with E-state index in [-0.39, 0.29) is 11.8 Å². The SMILES string of the molecule is COC[C@@H](N)c1ccc(OC)c(F)c1. The maximum atomic E-state index is 13.2. The summed E-state index contributed by atoms with van der Waals surface area (Å²) >= 11 is 0. The standard InChI is InChI=1S/C10H14FNO2/c1-13-6-9(12)7-3-4-10(14-2)8(11)5-7/h3-5,9H,6,12H2,1-2H3/t9-/m1/s1. The molecule has 1 aromatic rings. The molecule has 4 heteroatoms. The predicted molar refractivity (Wildman–Crippen MR) is 51.8 cm³/mol. The first-order chi connectivity index (χ1) is 6.69. The van der Waals surface area contributed by atoms with Gasteiger partial charge < -0.3 is 15.2 Å². The molecule has 0 aliphatic carbocycles. The highest BCUT2D eigenvalue weighted by atomic mass is 19.1. The van der Waals surface area contributed by atoms with Gasteiger partial charge in [0.2, 0.25) is 0 Å². The fourth-order valence-electron chi connectivity index (χ4n) is 1.19. The summed E-state index contributed by atoms with van der Waals surface area (Å²) in [6, 6.07) is 4.34. The van der Waals surface area contributed by atoms with Crippen LogP contribution < -0.4 is 10.5 Å². The first kappa shape index (κ1) is 10.9. The van der Waals surface area contributed by atoms with E-state index in [1.807, 2.05) is 0 Å². The van der Waals surface area contributed by atoms with Gasteiger partial charge in [-0.2, -0.15) is 0 Å². The predicted octanol–water partition coefficient (Wildman–Crippen LogP) is 1.48. The molecular formula is C10H14FNO2. The van der Waals surface area contributed by atoms with Gasteiger partial charge in [-0.15, -0.1) is 0 Å². The Balaban J connectivity index is 2.85. The van der Waals surface area contributed by atoms with Crippen molar-refractivity contribution in [1.82, 2.24) is 0 Å². The summed E-state index contributed by atoms with van der Waals surface area (Å²) < 4.78 is 22.9. The number of hydrogen-bond acceptors (Lipinski definition) is 3. The van der Waals surface area contributed by atoms with Gasteiger partial charge in [0.1, 0.15) is 0 Å². The summed E-state index contributed by atoms with van der Waals surface area (Å²) in [7, 11) is 2.98. The second-order valence-electron chi connectivity index (χ2n) is 2.96. The molecule has 0 unspecified atom stereocenters. The molecule has 14 heavy (non-hydrogen) atoms. The molecule has 0 heterocycles. The van der Waals surface area contributed by atoms with E-state index in [0.29, 0.717) is 12.2 Å². The average Bonchev–Trinajstić information content (AvgIpc) is 2.18. The van der Waals surface area contributed by atoms with E-state index in [9.17, 15) is 4.39 Å². The van der Waals surface area contributed by atoms with Crippen molar-refractivity contribution in [1.29, 1.82) is 0 Å². The lowest BCUT2D eigenvalue weighted by Gasteiger charge is -2.11. The molecule has 1 rings (SSSR count). The minimum absolute atomic E-state index is 0.221. The Labute approximate surface area is 82.6 Å². The average molecular weight is 199 g/mol. The van der Waals surface area contributed by atoms with Crippen molar-refractivity contribution in [3.8, 4) is 5.75 Å². The van der Waals surface area contributed by atoms with Crippen LogP contribution in [0.4, 0.5) is 4.39 Å². The van der Waals surface area contributed by atoms with Crippen molar-refractivity contribution in [2.75, 3.05) is 20.8 Å². The highest BCUT2D eigenvalue weighted by molar-refractivity contribution is 5.30. The highest BCUT2D eigenvalue weighted by Gasteiger charge is 2.09. The zero-order valence-corrected chi connectivity index (χ0v) is 8.29. The maximum Gasteiger partial charge on any atom is 0.165 e. The first-order valence-electron chi connectivity index (χ1n) is 4.27. The molecule has 0 saturated carbocycles. The number of ether oxygens (including phenoxy) is 2. The van der Waals surface area contributed by atoms with E-state index in [4.69, 9.17) is 15.2 Å². The third-order valence-corrected chi connectivity index (χ3v) is 1.95.